The highest BCUT2D eigenvalue weighted by Gasteiger charge is 2.20. The number of piperidine rings is 1. The summed E-state index contributed by atoms with van der Waals surface area (Å²) in [7, 11) is 2.10. The minimum atomic E-state index is -0.114. The Hall–Kier alpha value is -1.33. The summed E-state index contributed by atoms with van der Waals surface area (Å²) < 4.78 is 0. The Morgan fingerprint density at radius 3 is 2.86 bits per heavy atom. The quantitative estimate of drug-likeness (QED) is 0.877. The summed E-state index contributed by atoms with van der Waals surface area (Å²) in [6.45, 7) is 4.93. The van der Waals surface area contributed by atoms with Crippen LogP contribution in [0.4, 0.5) is 5.82 Å². The molecule has 21 heavy (non-hydrogen) atoms. The summed E-state index contributed by atoms with van der Waals surface area (Å²) in [5, 5.41) is 6.64. The van der Waals surface area contributed by atoms with E-state index in [-0.39, 0.29) is 11.9 Å². The molecule has 6 heteroatoms. The van der Waals surface area contributed by atoms with E-state index in [1.807, 2.05) is 0 Å². The van der Waals surface area contributed by atoms with Gasteiger partial charge in [0.1, 0.15) is 5.82 Å². The van der Waals surface area contributed by atoms with E-state index in [0.29, 0.717) is 16.4 Å². The van der Waals surface area contributed by atoms with Crippen molar-refractivity contribution in [3.8, 4) is 0 Å². The molecular formula is C15H23ClN4O. The first-order chi connectivity index (χ1) is 10.1. The maximum Gasteiger partial charge on any atom is 0.253 e. The monoisotopic (exact) mass is 310 g/mol. The molecule has 0 atom stereocenters. The van der Waals surface area contributed by atoms with Gasteiger partial charge in [-0.25, -0.2) is 4.98 Å². The first-order valence-electron chi connectivity index (χ1n) is 7.49. The standard InChI is InChI=1S/C15H23ClN4O/c1-3-6-17-14-9-12(13(16)10-18-14)15(21)19-11-4-7-20(2)8-5-11/h9-11H,3-8H2,1-2H3,(H,17,18)(H,19,21). The van der Waals surface area contributed by atoms with Crippen LogP contribution in [0.25, 0.3) is 0 Å². The van der Waals surface area contributed by atoms with E-state index in [4.69, 9.17) is 11.6 Å². The van der Waals surface area contributed by atoms with Gasteiger partial charge in [0.05, 0.1) is 10.6 Å². The molecule has 1 fully saturated rings. The topological polar surface area (TPSA) is 57.3 Å². The van der Waals surface area contributed by atoms with Crippen LogP contribution in [-0.4, -0.2) is 48.5 Å². The molecule has 1 aromatic heterocycles. The Morgan fingerprint density at radius 2 is 2.19 bits per heavy atom. The van der Waals surface area contributed by atoms with Crippen molar-refractivity contribution < 1.29 is 4.79 Å². The number of amides is 1. The van der Waals surface area contributed by atoms with E-state index in [1.54, 1.807) is 6.07 Å². The van der Waals surface area contributed by atoms with Gasteiger partial charge in [-0.15, -0.1) is 0 Å². The lowest BCUT2D eigenvalue weighted by Gasteiger charge is -2.29. The van der Waals surface area contributed by atoms with E-state index in [2.05, 4.69) is 34.5 Å². The molecule has 0 aliphatic carbocycles. The third-order valence-corrected chi connectivity index (χ3v) is 4.01. The molecule has 0 bridgehead atoms. The number of hydrogen-bond donors (Lipinski definition) is 2. The van der Waals surface area contributed by atoms with Crippen LogP contribution in [0.3, 0.4) is 0 Å². The molecule has 1 saturated heterocycles. The zero-order chi connectivity index (χ0) is 15.2. The summed E-state index contributed by atoms with van der Waals surface area (Å²) in [5.41, 5.74) is 0.490. The highest BCUT2D eigenvalue weighted by atomic mass is 35.5. The van der Waals surface area contributed by atoms with Gasteiger partial charge in [-0.05, 0) is 45.5 Å². The first kappa shape index (κ1) is 16.0. The van der Waals surface area contributed by atoms with Gasteiger partial charge < -0.3 is 15.5 Å². The third kappa shape index (κ3) is 4.58. The number of rotatable bonds is 5. The van der Waals surface area contributed by atoms with Gasteiger partial charge in [-0.1, -0.05) is 18.5 Å². The fourth-order valence-corrected chi connectivity index (χ4v) is 2.57. The van der Waals surface area contributed by atoms with E-state index < -0.39 is 0 Å². The molecule has 116 valence electrons. The highest BCUT2D eigenvalue weighted by molar-refractivity contribution is 6.33. The summed E-state index contributed by atoms with van der Waals surface area (Å²) in [6, 6.07) is 1.95. The number of aromatic nitrogens is 1. The molecule has 0 spiro atoms. The van der Waals surface area contributed by atoms with Crippen molar-refractivity contribution in [2.45, 2.75) is 32.2 Å². The number of pyridine rings is 1. The molecule has 5 nitrogen and oxygen atoms in total. The summed E-state index contributed by atoms with van der Waals surface area (Å²) in [6.07, 6.45) is 4.49. The fraction of sp³-hybridized carbons (Fsp3) is 0.600. The minimum absolute atomic E-state index is 0.114. The summed E-state index contributed by atoms with van der Waals surface area (Å²) in [4.78, 5) is 18.8. The second-order valence-electron chi connectivity index (χ2n) is 5.53. The van der Waals surface area contributed by atoms with Gasteiger partial charge in [-0.2, -0.15) is 0 Å². The molecule has 2 heterocycles. The third-order valence-electron chi connectivity index (χ3n) is 3.71. The first-order valence-corrected chi connectivity index (χ1v) is 7.86. The number of halogens is 1. The van der Waals surface area contributed by atoms with E-state index in [1.165, 1.54) is 6.20 Å². The summed E-state index contributed by atoms with van der Waals surface area (Å²) in [5.74, 6) is 0.575. The zero-order valence-electron chi connectivity index (χ0n) is 12.7. The van der Waals surface area contributed by atoms with Crippen LogP contribution in [0.1, 0.15) is 36.5 Å². The van der Waals surface area contributed by atoms with Gasteiger partial charge in [0.15, 0.2) is 0 Å². The van der Waals surface area contributed by atoms with E-state index in [9.17, 15) is 4.79 Å². The van der Waals surface area contributed by atoms with Crippen molar-refractivity contribution >= 4 is 23.3 Å². The molecule has 0 aromatic carbocycles. The number of nitrogens with one attached hydrogen (secondary N) is 2. The van der Waals surface area contributed by atoms with Crippen molar-refractivity contribution in [2.24, 2.45) is 0 Å². The smallest absolute Gasteiger partial charge is 0.253 e. The van der Waals surface area contributed by atoms with Gasteiger partial charge >= 0.3 is 0 Å². The predicted molar refractivity (Wildman–Crippen MR) is 86.0 cm³/mol. The second kappa shape index (κ2) is 7.61. The van der Waals surface area contributed by atoms with Gasteiger partial charge in [0.25, 0.3) is 5.91 Å². The molecule has 1 amide bonds. The van der Waals surface area contributed by atoms with Crippen LogP contribution < -0.4 is 10.6 Å². The number of nitrogens with zero attached hydrogens (tertiary/aromatic N) is 2. The highest BCUT2D eigenvalue weighted by Crippen LogP contribution is 2.19. The lowest BCUT2D eigenvalue weighted by molar-refractivity contribution is 0.0917. The van der Waals surface area contributed by atoms with Gasteiger partial charge in [-0.3, -0.25) is 4.79 Å². The van der Waals surface area contributed by atoms with Crippen LogP contribution >= 0.6 is 11.6 Å². The Labute approximate surface area is 131 Å². The average molecular weight is 311 g/mol. The van der Waals surface area contributed by atoms with Crippen LogP contribution in [0, 0.1) is 0 Å². The minimum Gasteiger partial charge on any atom is -0.370 e. The fourth-order valence-electron chi connectivity index (χ4n) is 2.38. The molecule has 1 aliphatic rings. The molecule has 0 radical (unpaired) electrons. The number of anilines is 1. The molecule has 1 aliphatic heterocycles. The van der Waals surface area contributed by atoms with Gasteiger partial charge in [0, 0.05) is 18.8 Å². The summed E-state index contributed by atoms with van der Waals surface area (Å²) >= 11 is 6.11. The van der Waals surface area contributed by atoms with Crippen molar-refractivity contribution in [1.82, 2.24) is 15.2 Å². The van der Waals surface area contributed by atoms with Crippen molar-refractivity contribution in [2.75, 3.05) is 32.0 Å². The number of carbonyl (C=O) groups is 1. The molecule has 0 unspecified atom stereocenters. The Balaban J connectivity index is 2.00. The molecule has 2 N–H and O–H groups in total. The van der Waals surface area contributed by atoms with Crippen LogP contribution in [0.2, 0.25) is 5.02 Å². The SMILES string of the molecule is CCCNc1cc(C(=O)NC2CCN(C)CC2)c(Cl)cn1. The second-order valence-corrected chi connectivity index (χ2v) is 5.93. The van der Waals surface area contributed by atoms with Crippen LogP contribution in [0.15, 0.2) is 12.3 Å². The Kier molecular flexibility index (Phi) is 5.82. The maximum absolute atomic E-state index is 12.4. The molecular weight excluding hydrogens is 288 g/mol. The van der Waals surface area contributed by atoms with E-state index >= 15 is 0 Å². The lowest BCUT2D eigenvalue weighted by Crippen LogP contribution is -2.43. The van der Waals surface area contributed by atoms with E-state index in [0.717, 1.165) is 38.9 Å². The van der Waals surface area contributed by atoms with Crippen LogP contribution in [-0.2, 0) is 0 Å². The normalized spacial score (nSPS) is 16.7. The molecule has 0 saturated carbocycles. The Bertz CT molecular complexity index is 487. The number of carbonyl (C=O) groups excluding carboxylic acids is 1. The number of hydrogen-bond acceptors (Lipinski definition) is 4. The van der Waals surface area contributed by atoms with Gasteiger partial charge in [0.2, 0.25) is 0 Å². The van der Waals surface area contributed by atoms with Crippen LogP contribution in [0.5, 0.6) is 0 Å². The molecule has 2 rings (SSSR count). The van der Waals surface area contributed by atoms with Crippen molar-refractivity contribution in [3.05, 3.63) is 22.8 Å². The lowest BCUT2D eigenvalue weighted by atomic mass is 10.1. The number of likely N-dealkylation sites (tertiary alicyclic amines) is 1. The average Bonchev–Trinajstić information content (AvgIpc) is 2.48. The largest absolute Gasteiger partial charge is 0.370 e. The Morgan fingerprint density at radius 1 is 1.48 bits per heavy atom. The maximum atomic E-state index is 12.4. The van der Waals surface area contributed by atoms with Crippen molar-refractivity contribution in [3.63, 3.8) is 0 Å². The zero-order valence-corrected chi connectivity index (χ0v) is 13.4. The van der Waals surface area contributed by atoms with Crippen molar-refractivity contribution in [1.29, 1.82) is 0 Å². The predicted octanol–water partition coefficient (Wildman–Crippen LogP) is 2.38. The molecule has 1 aromatic rings.